The van der Waals surface area contributed by atoms with Gasteiger partial charge in [-0.3, -0.25) is 5.10 Å². The number of benzene rings is 1. The molecule has 0 radical (unpaired) electrons. The zero-order valence-corrected chi connectivity index (χ0v) is 11.7. The molecule has 1 heterocycles. The number of aromatic nitrogens is 3. The van der Waals surface area contributed by atoms with Gasteiger partial charge >= 0.3 is 0 Å². The molecule has 0 saturated carbocycles. The van der Waals surface area contributed by atoms with Gasteiger partial charge in [-0.2, -0.15) is 5.10 Å². The van der Waals surface area contributed by atoms with Gasteiger partial charge in [-0.25, -0.2) is 4.98 Å². The summed E-state index contributed by atoms with van der Waals surface area (Å²) >= 11 is 0. The molecule has 2 rings (SSSR count). The molecule has 1 aromatic heterocycles. The fraction of sp³-hybridized carbons (Fsp3) is 0.429. The topological polar surface area (TPSA) is 88.8 Å². The third kappa shape index (κ3) is 4.15. The molecule has 0 fully saturated rings. The molecular weight excluding hydrogens is 254 g/mol. The second-order valence-corrected chi connectivity index (χ2v) is 4.56. The minimum absolute atomic E-state index is 0.672. The molecule has 0 aliphatic carbocycles. The van der Waals surface area contributed by atoms with E-state index < -0.39 is 0 Å². The first-order chi connectivity index (χ1) is 9.79. The number of aryl methyl sites for hydroxylation is 1. The Bertz CT molecular complexity index is 512. The first-order valence-corrected chi connectivity index (χ1v) is 6.90. The normalized spacial score (nSPS) is 10.4. The summed E-state index contributed by atoms with van der Waals surface area (Å²) in [6.07, 6.45) is 4.35. The zero-order chi connectivity index (χ0) is 14.2. The van der Waals surface area contributed by atoms with Gasteiger partial charge in [-0.1, -0.05) is 6.92 Å². The fourth-order valence-corrected chi connectivity index (χ4v) is 1.82. The Morgan fingerprint density at radius 1 is 1.40 bits per heavy atom. The minimum Gasteiger partial charge on any atom is -0.491 e. The monoisotopic (exact) mass is 275 g/mol. The van der Waals surface area contributed by atoms with Gasteiger partial charge < -0.3 is 15.8 Å². The Balaban J connectivity index is 1.80. The van der Waals surface area contributed by atoms with Crippen molar-refractivity contribution in [3.8, 4) is 5.75 Å². The number of nitrogens with two attached hydrogens (primary N) is 1. The van der Waals surface area contributed by atoms with Crippen molar-refractivity contribution in [3.05, 3.63) is 30.4 Å². The largest absolute Gasteiger partial charge is 0.491 e. The summed E-state index contributed by atoms with van der Waals surface area (Å²) in [5.41, 5.74) is 7.57. The first kappa shape index (κ1) is 14.2. The lowest BCUT2D eigenvalue weighted by atomic mass is 10.2. The number of anilines is 2. The molecule has 0 spiro atoms. The van der Waals surface area contributed by atoms with Crippen molar-refractivity contribution >= 4 is 11.4 Å². The summed E-state index contributed by atoms with van der Waals surface area (Å²) in [7, 11) is 0. The first-order valence-electron chi connectivity index (χ1n) is 6.90. The van der Waals surface area contributed by atoms with Crippen molar-refractivity contribution in [3.63, 3.8) is 0 Å². The summed E-state index contributed by atoms with van der Waals surface area (Å²) in [6, 6.07) is 5.77. The SMILES string of the molecule is CCCOc1cc(NCCCc2ncn[nH]2)ccc1N. The molecule has 0 saturated heterocycles. The lowest BCUT2D eigenvalue weighted by molar-refractivity contribution is 0.319. The van der Waals surface area contributed by atoms with Crippen LogP contribution in [0.2, 0.25) is 0 Å². The lowest BCUT2D eigenvalue weighted by Crippen LogP contribution is -2.05. The van der Waals surface area contributed by atoms with Crippen LogP contribution in [0, 0.1) is 0 Å². The summed E-state index contributed by atoms with van der Waals surface area (Å²) in [4.78, 5) is 4.09. The van der Waals surface area contributed by atoms with E-state index in [1.54, 1.807) is 0 Å². The second kappa shape index (κ2) is 7.37. The highest BCUT2D eigenvalue weighted by Crippen LogP contribution is 2.25. The van der Waals surface area contributed by atoms with Gasteiger partial charge in [-0.05, 0) is 25.0 Å². The molecule has 0 atom stereocenters. The molecule has 4 N–H and O–H groups in total. The van der Waals surface area contributed by atoms with E-state index in [0.29, 0.717) is 12.3 Å². The number of rotatable bonds is 8. The predicted octanol–water partition coefficient (Wildman–Crippen LogP) is 2.22. The van der Waals surface area contributed by atoms with Gasteiger partial charge in [0, 0.05) is 24.7 Å². The van der Waals surface area contributed by atoms with E-state index in [9.17, 15) is 0 Å². The van der Waals surface area contributed by atoms with Crippen LogP contribution in [0.4, 0.5) is 11.4 Å². The number of H-pyrrole nitrogens is 1. The van der Waals surface area contributed by atoms with Gasteiger partial charge in [0.1, 0.15) is 17.9 Å². The smallest absolute Gasteiger partial charge is 0.144 e. The van der Waals surface area contributed by atoms with Crippen LogP contribution in [-0.4, -0.2) is 28.3 Å². The molecule has 108 valence electrons. The Hall–Kier alpha value is -2.24. The molecule has 0 bridgehead atoms. The number of ether oxygens (including phenoxy) is 1. The predicted molar refractivity (Wildman–Crippen MR) is 79.8 cm³/mol. The molecule has 1 aromatic carbocycles. The van der Waals surface area contributed by atoms with E-state index >= 15 is 0 Å². The maximum atomic E-state index is 5.88. The Morgan fingerprint density at radius 2 is 2.30 bits per heavy atom. The summed E-state index contributed by atoms with van der Waals surface area (Å²) in [5, 5.41) is 10.0. The lowest BCUT2D eigenvalue weighted by Gasteiger charge is -2.11. The third-order valence-corrected chi connectivity index (χ3v) is 2.86. The quantitative estimate of drug-likeness (QED) is 0.508. The summed E-state index contributed by atoms with van der Waals surface area (Å²) in [5.74, 6) is 1.66. The molecule has 20 heavy (non-hydrogen) atoms. The second-order valence-electron chi connectivity index (χ2n) is 4.56. The molecule has 2 aromatic rings. The van der Waals surface area contributed by atoms with Gasteiger partial charge in [0.2, 0.25) is 0 Å². The Labute approximate surface area is 118 Å². The van der Waals surface area contributed by atoms with Crippen LogP contribution in [-0.2, 0) is 6.42 Å². The molecule has 0 aliphatic rings. The number of nitrogens with one attached hydrogen (secondary N) is 2. The van der Waals surface area contributed by atoms with Crippen molar-refractivity contribution < 1.29 is 4.74 Å². The third-order valence-electron chi connectivity index (χ3n) is 2.86. The molecule has 6 nitrogen and oxygen atoms in total. The van der Waals surface area contributed by atoms with Crippen LogP contribution in [0.5, 0.6) is 5.75 Å². The van der Waals surface area contributed by atoms with E-state index in [2.05, 4.69) is 27.4 Å². The minimum atomic E-state index is 0.672. The van der Waals surface area contributed by atoms with E-state index in [1.807, 2.05) is 18.2 Å². The molecule has 6 heteroatoms. The van der Waals surface area contributed by atoms with Crippen molar-refractivity contribution in [2.24, 2.45) is 0 Å². The number of nitrogens with zero attached hydrogens (tertiary/aromatic N) is 2. The molecule has 0 amide bonds. The number of hydrogen-bond acceptors (Lipinski definition) is 5. The van der Waals surface area contributed by atoms with Crippen molar-refractivity contribution in [2.75, 3.05) is 24.2 Å². The standard InChI is InChI=1S/C14H21N5O/c1-2-8-20-13-9-11(5-6-12(13)15)16-7-3-4-14-17-10-18-19-14/h5-6,9-10,16H,2-4,7-8,15H2,1H3,(H,17,18,19). The van der Waals surface area contributed by atoms with E-state index in [4.69, 9.17) is 10.5 Å². The van der Waals surface area contributed by atoms with Crippen molar-refractivity contribution in [1.82, 2.24) is 15.2 Å². The number of nitrogen functional groups attached to an aromatic ring is 1. The maximum absolute atomic E-state index is 5.88. The van der Waals surface area contributed by atoms with Crippen molar-refractivity contribution in [2.45, 2.75) is 26.2 Å². The van der Waals surface area contributed by atoms with Gasteiger partial charge in [-0.15, -0.1) is 0 Å². The van der Waals surface area contributed by atoms with Gasteiger partial charge in [0.25, 0.3) is 0 Å². The van der Waals surface area contributed by atoms with E-state index in [1.165, 1.54) is 6.33 Å². The van der Waals surface area contributed by atoms with Gasteiger partial charge in [0.15, 0.2) is 0 Å². The van der Waals surface area contributed by atoms with Crippen molar-refractivity contribution in [1.29, 1.82) is 0 Å². The molecular formula is C14H21N5O. The van der Waals surface area contributed by atoms with Crippen LogP contribution in [0.3, 0.4) is 0 Å². The van der Waals surface area contributed by atoms with Crippen LogP contribution >= 0.6 is 0 Å². The van der Waals surface area contributed by atoms with Crippen LogP contribution in [0.1, 0.15) is 25.6 Å². The summed E-state index contributed by atoms with van der Waals surface area (Å²) in [6.45, 7) is 3.61. The highest BCUT2D eigenvalue weighted by molar-refractivity contribution is 5.61. The molecule has 0 unspecified atom stereocenters. The molecule has 0 aliphatic heterocycles. The average Bonchev–Trinajstić information content (AvgIpc) is 2.97. The Morgan fingerprint density at radius 3 is 3.05 bits per heavy atom. The number of hydrogen-bond donors (Lipinski definition) is 3. The van der Waals surface area contributed by atoms with Gasteiger partial charge in [0.05, 0.1) is 12.3 Å². The van der Waals surface area contributed by atoms with Crippen LogP contribution in [0.15, 0.2) is 24.5 Å². The van der Waals surface area contributed by atoms with E-state index in [-0.39, 0.29) is 0 Å². The average molecular weight is 275 g/mol. The Kier molecular flexibility index (Phi) is 5.23. The maximum Gasteiger partial charge on any atom is 0.144 e. The summed E-state index contributed by atoms with van der Waals surface area (Å²) < 4.78 is 5.60. The fourth-order valence-electron chi connectivity index (χ4n) is 1.82. The van der Waals surface area contributed by atoms with Crippen LogP contribution in [0.25, 0.3) is 0 Å². The highest BCUT2D eigenvalue weighted by Gasteiger charge is 2.02. The zero-order valence-electron chi connectivity index (χ0n) is 11.7. The number of aromatic amines is 1. The van der Waals surface area contributed by atoms with Crippen LogP contribution < -0.4 is 15.8 Å². The highest BCUT2D eigenvalue weighted by atomic mass is 16.5. The van der Waals surface area contributed by atoms with E-state index in [0.717, 1.165) is 43.1 Å².